The molecule has 9 aromatic carbocycles. The number of benzene rings is 9. The van der Waals surface area contributed by atoms with Crippen molar-refractivity contribution >= 4 is 39.0 Å². The molecule has 0 saturated heterocycles. The lowest BCUT2D eigenvalue weighted by molar-refractivity contribution is 0.140. The van der Waals surface area contributed by atoms with E-state index < -0.39 is 0 Å². The van der Waals surface area contributed by atoms with Gasteiger partial charge in [-0.05, 0) is 92.0 Å². The number of hydrogen-bond acceptors (Lipinski definition) is 3. The van der Waals surface area contributed by atoms with Crippen LogP contribution in [0.1, 0.15) is 17.2 Å². The van der Waals surface area contributed by atoms with Crippen molar-refractivity contribution in [2.75, 3.05) is 12.0 Å². The van der Waals surface area contributed by atoms with Crippen molar-refractivity contribution < 1.29 is 9.15 Å². The zero-order valence-corrected chi connectivity index (χ0v) is 32.5. The van der Waals surface area contributed by atoms with Crippen LogP contribution in [0.2, 0.25) is 0 Å². The first-order valence-corrected chi connectivity index (χ1v) is 20.1. The normalized spacial score (nSPS) is 13.1. The van der Waals surface area contributed by atoms with E-state index in [1.165, 1.54) is 33.4 Å². The van der Waals surface area contributed by atoms with Crippen LogP contribution in [0, 0.1) is 0 Å². The Hall–Kier alpha value is -7.46. The Morgan fingerprint density at radius 2 is 0.780 bits per heavy atom. The number of anilines is 3. The Labute approximate surface area is 344 Å². The molecule has 1 aromatic heterocycles. The zero-order valence-electron chi connectivity index (χ0n) is 32.5. The minimum atomic E-state index is -0.0707. The molecule has 0 amide bonds. The second kappa shape index (κ2) is 14.5. The van der Waals surface area contributed by atoms with E-state index in [4.69, 9.17) is 9.15 Å². The molecule has 0 saturated carbocycles. The molecule has 3 nitrogen and oxygen atoms in total. The summed E-state index contributed by atoms with van der Waals surface area (Å²) >= 11 is 0. The summed E-state index contributed by atoms with van der Waals surface area (Å²) in [5, 5.41) is 2.25. The van der Waals surface area contributed by atoms with Gasteiger partial charge in [0.25, 0.3) is 0 Å². The maximum Gasteiger partial charge on any atom is 0.143 e. The van der Waals surface area contributed by atoms with Crippen LogP contribution in [0.4, 0.5) is 17.1 Å². The second-order valence-electron chi connectivity index (χ2n) is 15.2. The quantitative estimate of drug-likeness (QED) is 0.154. The van der Waals surface area contributed by atoms with Gasteiger partial charge in [0, 0.05) is 46.1 Å². The van der Waals surface area contributed by atoms with Gasteiger partial charge in [-0.1, -0.05) is 176 Å². The summed E-state index contributed by atoms with van der Waals surface area (Å²) in [7, 11) is 1.79. The Balaban J connectivity index is 0.941. The molecule has 0 aliphatic heterocycles. The average Bonchev–Trinajstić information content (AvgIpc) is 3.86. The lowest BCUT2D eigenvalue weighted by Gasteiger charge is -2.27. The molecule has 1 unspecified atom stereocenters. The van der Waals surface area contributed by atoms with E-state index in [-0.39, 0.29) is 6.10 Å². The molecule has 1 aliphatic rings. The predicted octanol–water partition coefficient (Wildman–Crippen LogP) is 15.4. The first-order chi connectivity index (χ1) is 29.2. The maximum absolute atomic E-state index is 6.72. The number of furan rings is 1. The number of fused-ring (bicyclic) bond motifs is 6. The van der Waals surface area contributed by atoms with Crippen LogP contribution in [-0.2, 0) is 4.74 Å². The molecule has 1 aliphatic carbocycles. The number of ether oxygens (including phenoxy) is 1. The summed E-state index contributed by atoms with van der Waals surface area (Å²) in [5.41, 5.74) is 19.1. The maximum atomic E-state index is 6.72. The van der Waals surface area contributed by atoms with Crippen molar-refractivity contribution in [1.82, 2.24) is 0 Å². The molecule has 1 heterocycles. The molecule has 0 N–H and O–H groups in total. The summed E-state index contributed by atoms with van der Waals surface area (Å²) in [6.45, 7) is 0. The van der Waals surface area contributed by atoms with Crippen molar-refractivity contribution in [3.05, 3.63) is 223 Å². The third-order valence-electron chi connectivity index (χ3n) is 11.8. The van der Waals surface area contributed by atoms with E-state index in [2.05, 4.69) is 211 Å². The lowest BCUT2D eigenvalue weighted by Crippen LogP contribution is -2.10. The van der Waals surface area contributed by atoms with Gasteiger partial charge >= 0.3 is 0 Å². The SMILES string of the molecule is COC1c2ccccc2-c2cc(N(c3ccc(-c4ccccc4)cc3)c3ccc(-c4ccc(-c5cccc6c5oc5c(-c7ccccc7)cccc56)cc4)cc3)ccc21. The second-order valence-corrected chi connectivity index (χ2v) is 15.2. The number of nitrogens with zero attached hydrogens (tertiary/aromatic N) is 1. The van der Waals surface area contributed by atoms with Crippen molar-refractivity contribution in [1.29, 1.82) is 0 Å². The number of hydrogen-bond donors (Lipinski definition) is 0. The van der Waals surface area contributed by atoms with E-state index in [9.17, 15) is 0 Å². The van der Waals surface area contributed by atoms with Gasteiger partial charge < -0.3 is 14.1 Å². The zero-order chi connectivity index (χ0) is 39.3. The Bertz CT molecular complexity index is 3110. The fourth-order valence-corrected chi connectivity index (χ4v) is 8.96. The molecule has 1 atom stereocenters. The summed E-state index contributed by atoms with van der Waals surface area (Å²) in [4.78, 5) is 2.35. The predicted molar refractivity (Wildman–Crippen MR) is 244 cm³/mol. The lowest BCUT2D eigenvalue weighted by atomic mass is 9.98. The fraction of sp³-hybridized carbons (Fsp3) is 0.0357. The van der Waals surface area contributed by atoms with Gasteiger partial charge in [0.05, 0.1) is 0 Å². The highest BCUT2D eigenvalue weighted by Gasteiger charge is 2.29. The molecule has 3 heteroatoms. The summed E-state index contributed by atoms with van der Waals surface area (Å²) < 4.78 is 12.7. The van der Waals surface area contributed by atoms with Gasteiger partial charge in [-0.25, -0.2) is 0 Å². The van der Waals surface area contributed by atoms with Crippen LogP contribution >= 0.6 is 0 Å². The van der Waals surface area contributed by atoms with Crippen LogP contribution in [-0.4, -0.2) is 7.11 Å². The molecule has 0 radical (unpaired) electrons. The van der Waals surface area contributed by atoms with E-state index in [0.717, 1.165) is 72.4 Å². The largest absolute Gasteiger partial charge is 0.455 e. The molecule has 0 fully saturated rings. The van der Waals surface area contributed by atoms with Crippen molar-refractivity contribution in [3.63, 3.8) is 0 Å². The first-order valence-electron chi connectivity index (χ1n) is 20.1. The first kappa shape index (κ1) is 34.8. The van der Waals surface area contributed by atoms with Crippen LogP contribution in [0.15, 0.2) is 217 Å². The summed E-state index contributed by atoms with van der Waals surface area (Å²) in [6, 6.07) is 75.9. The van der Waals surface area contributed by atoms with E-state index in [1.54, 1.807) is 7.11 Å². The monoisotopic (exact) mass is 757 g/mol. The standard InChI is InChI=1S/C56H39NO2/c1-58-54-49-17-9-8-16-48(49)53-36-45(34-35-52(53)54)57(43-30-26-39(27-31-43)37-12-4-2-5-13-37)44-32-28-40(29-33-44)38-22-24-42(25-23-38)47-19-11-21-51-50-20-10-18-46(55(50)59-56(47)51)41-14-6-3-7-15-41/h2-36,54H,1H3. The molecule has 59 heavy (non-hydrogen) atoms. The molecular weight excluding hydrogens is 719 g/mol. The molecular formula is C56H39NO2. The third-order valence-corrected chi connectivity index (χ3v) is 11.8. The Morgan fingerprint density at radius 1 is 0.356 bits per heavy atom. The van der Waals surface area contributed by atoms with Gasteiger partial charge in [-0.15, -0.1) is 0 Å². The van der Waals surface area contributed by atoms with Crippen LogP contribution < -0.4 is 4.90 Å². The smallest absolute Gasteiger partial charge is 0.143 e. The number of methoxy groups -OCH3 is 1. The minimum absolute atomic E-state index is 0.0707. The highest BCUT2D eigenvalue weighted by atomic mass is 16.5. The van der Waals surface area contributed by atoms with E-state index in [1.807, 2.05) is 6.07 Å². The molecule has 0 spiro atoms. The average molecular weight is 758 g/mol. The van der Waals surface area contributed by atoms with Crippen molar-refractivity contribution in [2.24, 2.45) is 0 Å². The van der Waals surface area contributed by atoms with E-state index >= 15 is 0 Å². The van der Waals surface area contributed by atoms with Crippen LogP contribution in [0.25, 0.3) is 77.6 Å². The Morgan fingerprint density at radius 3 is 1.36 bits per heavy atom. The number of para-hydroxylation sites is 2. The van der Waals surface area contributed by atoms with Gasteiger partial charge in [0.1, 0.15) is 17.3 Å². The van der Waals surface area contributed by atoms with Gasteiger partial charge in [-0.2, -0.15) is 0 Å². The topological polar surface area (TPSA) is 25.6 Å². The van der Waals surface area contributed by atoms with Gasteiger partial charge in [0.15, 0.2) is 0 Å². The van der Waals surface area contributed by atoms with E-state index in [0.29, 0.717) is 0 Å². The molecule has 11 rings (SSSR count). The molecule has 0 bridgehead atoms. The van der Waals surface area contributed by atoms with Gasteiger partial charge in [0.2, 0.25) is 0 Å². The van der Waals surface area contributed by atoms with Crippen molar-refractivity contribution in [3.8, 4) is 55.6 Å². The highest BCUT2D eigenvalue weighted by Crippen LogP contribution is 2.48. The summed E-state index contributed by atoms with van der Waals surface area (Å²) in [5.74, 6) is 0. The van der Waals surface area contributed by atoms with Crippen LogP contribution in [0.5, 0.6) is 0 Å². The molecule has 280 valence electrons. The van der Waals surface area contributed by atoms with Crippen LogP contribution in [0.3, 0.4) is 0 Å². The summed E-state index contributed by atoms with van der Waals surface area (Å²) in [6.07, 6.45) is -0.0707. The third kappa shape index (κ3) is 6.03. The minimum Gasteiger partial charge on any atom is -0.455 e. The Kier molecular flexibility index (Phi) is 8.53. The number of rotatable bonds is 8. The van der Waals surface area contributed by atoms with Crippen molar-refractivity contribution in [2.45, 2.75) is 6.10 Å². The van der Waals surface area contributed by atoms with Gasteiger partial charge in [-0.3, -0.25) is 0 Å². The molecule has 10 aromatic rings. The fourth-order valence-electron chi connectivity index (χ4n) is 8.96. The highest BCUT2D eigenvalue weighted by molar-refractivity contribution is 6.13.